The Labute approximate surface area is 172 Å². The molecule has 2 aliphatic carbocycles. The number of amidine groups is 1. The van der Waals surface area contributed by atoms with Crippen molar-refractivity contribution >= 4 is 28.5 Å². The van der Waals surface area contributed by atoms with Crippen LogP contribution in [0.2, 0.25) is 0 Å². The lowest BCUT2D eigenvalue weighted by atomic mass is 9.53. The molecule has 1 amide bonds. The molecule has 1 aromatic rings. The zero-order chi connectivity index (χ0) is 19.7. The largest absolute Gasteiger partial charge is 0.272 e. The number of thioether (sulfide) groups is 1. The molecule has 0 spiro atoms. The van der Waals surface area contributed by atoms with Crippen molar-refractivity contribution in [1.29, 1.82) is 0 Å². The van der Waals surface area contributed by atoms with Crippen LogP contribution in [0, 0.1) is 17.3 Å². The molecular formula is C24H30N2OS. The second-order valence-corrected chi connectivity index (χ2v) is 9.61. The number of fused-ring (bicyclic) bond motifs is 3. The summed E-state index contributed by atoms with van der Waals surface area (Å²) in [5.74, 6) is 1.16. The number of hydrogen-bond acceptors (Lipinski definition) is 3. The lowest BCUT2D eigenvalue weighted by molar-refractivity contribution is -0.125. The number of benzene rings is 1. The Morgan fingerprint density at radius 1 is 1.21 bits per heavy atom. The van der Waals surface area contributed by atoms with Gasteiger partial charge in [0.25, 0.3) is 5.91 Å². The summed E-state index contributed by atoms with van der Waals surface area (Å²) in [6.07, 6.45) is 8.33. The number of hydrogen-bond donors (Lipinski definition) is 0. The Morgan fingerprint density at radius 3 is 2.68 bits per heavy atom. The second-order valence-electron chi connectivity index (χ2n) is 8.66. The van der Waals surface area contributed by atoms with Crippen LogP contribution in [0.3, 0.4) is 0 Å². The molecule has 28 heavy (non-hydrogen) atoms. The maximum Gasteiger partial charge on any atom is 0.257 e. The van der Waals surface area contributed by atoms with E-state index in [0.717, 1.165) is 35.4 Å². The van der Waals surface area contributed by atoms with E-state index >= 15 is 0 Å². The Bertz CT molecular complexity index is 850. The summed E-state index contributed by atoms with van der Waals surface area (Å²) in [7, 11) is 0. The normalized spacial score (nSPS) is 27.5. The first-order valence-corrected chi connectivity index (χ1v) is 11.6. The molecule has 2 unspecified atom stereocenters. The molecule has 0 N–H and O–H groups in total. The highest BCUT2D eigenvalue weighted by atomic mass is 32.2. The molecule has 2 atom stereocenters. The van der Waals surface area contributed by atoms with Gasteiger partial charge in [-0.05, 0) is 49.5 Å². The first-order valence-electron chi connectivity index (χ1n) is 10.6. The summed E-state index contributed by atoms with van der Waals surface area (Å²) >= 11 is 1.53. The van der Waals surface area contributed by atoms with Gasteiger partial charge in [-0.15, -0.1) is 0 Å². The minimum absolute atomic E-state index is 0.0242. The van der Waals surface area contributed by atoms with Gasteiger partial charge in [0.1, 0.15) is 0 Å². The standard InChI is InChI=1S/C24H30N2OS/c1-4-24(18-11-6-5-7-12-18)14-17-10-8-9-13-19(17)21-20(24)22(27)26-23(25-21)28-15-16(2)3/h8-10,13,18,20H,2,4-7,11-12,14-15H2,1,3H3. The maximum atomic E-state index is 13.4. The molecule has 0 radical (unpaired) electrons. The smallest absolute Gasteiger partial charge is 0.257 e. The van der Waals surface area contributed by atoms with E-state index in [4.69, 9.17) is 4.99 Å². The number of rotatable bonds is 4. The molecule has 0 aromatic heterocycles. The Morgan fingerprint density at radius 2 is 1.96 bits per heavy atom. The molecule has 4 rings (SSSR count). The van der Waals surface area contributed by atoms with Crippen molar-refractivity contribution in [3.05, 3.63) is 47.5 Å². The highest BCUT2D eigenvalue weighted by Gasteiger charge is 2.53. The zero-order valence-electron chi connectivity index (χ0n) is 17.0. The van der Waals surface area contributed by atoms with E-state index in [2.05, 4.69) is 42.8 Å². The molecule has 1 aromatic carbocycles. The van der Waals surface area contributed by atoms with Crippen LogP contribution in [0.1, 0.15) is 63.5 Å². The van der Waals surface area contributed by atoms with Crippen LogP contribution in [0.15, 0.2) is 46.4 Å². The zero-order valence-corrected chi connectivity index (χ0v) is 17.9. The minimum Gasteiger partial charge on any atom is -0.272 e. The predicted molar refractivity (Wildman–Crippen MR) is 119 cm³/mol. The maximum absolute atomic E-state index is 13.4. The van der Waals surface area contributed by atoms with Crippen molar-refractivity contribution < 1.29 is 4.79 Å². The monoisotopic (exact) mass is 394 g/mol. The topological polar surface area (TPSA) is 41.8 Å². The minimum atomic E-state index is -0.190. The van der Waals surface area contributed by atoms with Gasteiger partial charge in [0.05, 0.1) is 11.6 Å². The van der Waals surface area contributed by atoms with Crippen LogP contribution in [0.5, 0.6) is 0 Å². The number of amides is 1. The summed E-state index contributed by atoms with van der Waals surface area (Å²) in [6.45, 7) is 8.23. The van der Waals surface area contributed by atoms with Gasteiger partial charge in [0.15, 0.2) is 5.17 Å². The molecule has 148 valence electrons. The molecule has 1 heterocycles. The third-order valence-corrected chi connectivity index (χ3v) is 7.93. The first-order chi connectivity index (χ1) is 13.5. The fourth-order valence-corrected chi connectivity index (χ4v) is 6.20. The van der Waals surface area contributed by atoms with Crippen LogP contribution in [0.25, 0.3) is 0 Å². The molecule has 0 bridgehead atoms. The van der Waals surface area contributed by atoms with Gasteiger partial charge in [0, 0.05) is 11.3 Å². The van der Waals surface area contributed by atoms with E-state index in [1.807, 2.05) is 6.92 Å². The average Bonchev–Trinajstić information content (AvgIpc) is 2.72. The fourth-order valence-electron chi connectivity index (χ4n) is 5.51. The van der Waals surface area contributed by atoms with Crippen LogP contribution in [-0.2, 0) is 11.2 Å². The average molecular weight is 395 g/mol. The van der Waals surface area contributed by atoms with Gasteiger partial charge in [-0.2, -0.15) is 4.99 Å². The fraction of sp³-hybridized carbons (Fsp3) is 0.542. The van der Waals surface area contributed by atoms with E-state index in [0.29, 0.717) is 11.1 Å². The van der Waals surface area contributed by atoms with Crippen molar-refractivity contribution in [1.82, 2.24) is 0 Å². The van der Waals surface area contributed by atoms with E-state index in [-0.39, 0.29) is 17.2 Å². The third-order valence-electron chi connectivity index (χ3n) is 6.85. The van der Waals surface area contributed by atoms with Gasteiger partial charge in [0.2, 0.25) is 0 Å². The third kappa shape index (κ3) is 3.41. The Hall–Kier alpha value is -1.68. The van der Waals surface area contributed by atoms with E-state index < -0.39 is 0 Å². The van der Waals surface area contributed by atoms with Gasteiger partial charge in [-0.1, -0.05) is 74.4 Å². The lowest BCUT2D eigenvalue weighted by Gasteiger charge is -2.50. The summed E-state index contributed by atoms with van der Waals surface area (Å²) in [5, 5.41) is 0.601. The van der Waals surface area contributed by atoms with Crippen molar-refractivity contribution in [2.75, 3.05) is 5.75 Å². The highest BCUT2D eigenvalue weighted by molar-refractivity contribution is 8.14. The van der Waals surface area contributed by atoms with Crippen molar-refractivity contribution in [2.45, 2.75) is 58.8 Å². The predicted octanol–water partition coefficient (Wildman–Crippen LogP) is 5.83. The Balaban J connectivity index is 1.80. The molecule has 4 heteroatoms. The number of carbonyl (C=O) groups excluding carboxylic acids is 1. The molecule has 1 saturated carbocycles. The van der Waals surface area contributed by atoms with E-state index in [1.165, 1.54) is 49.4 Å². The molecule has 1 aliphatic heterocycles. The summed E-state index contributed by atoms with van der Waals surface area (Å²) in [6, 6.07) is 8.56. The highest BCUT2D eigenvalue weighted by Crippen LogP contribution is 2.53. The number of carbonyl (C=O) groups is 1. The van der Waals surface area contributed by atoms with Crippen molar-refractivity contribution in [3.8, 4) is 0 Å². The molecular weight excluding hydrogens is 364 g/mol. The van der Waals surface area contributed by atoms with Gasteiger partial charge in [-0.25, -0.2) is 4.99 Å². The van der Waals surface area contributed by atoms with Crippen LogP contribution < -0.4 is 0 Å². The van der Waals surface area contributed by atoms with E-state index in [9.17, 15) is 4.79 Å². The SMILES string of the molecule is C=C(C)CSC1=NC(=O)C2C(=N1)c1ccccc1CC2(CC)C1CCCCC1. The summed E-state index contributed by atoms with van der Waals surface area (Å²) in [5.41, 5.74) is 4.50. The first kappa shape index (κ1) is 19.6. The second kappa shape index (κ2) is 7.98. The summed E-state index contributed by atoms with van der Waals surface area (Å²) in [4.78, 5) is 22.8. The molecule has 0 saturated heterocycles. The van der Waals surface area contributed by atoms with Gasteiger partial charge < -0.3 is 0 Å². The number of nitrogens with zero attached hydrogens (tertiary/aromatic N) is 2. The van der Waals surface area contributed by atoms with Gasteiger partial charge >= 0.3 is 0 Å². The van der Waals surface area contributed by atoms with E-state index in [1.54, 1.807) is 0 Å². The Kier molecular flexibility index (Phi) is 5.59. The molecule has 1 fully saturated rings. The van der Waals surface area contributed by atoms with Crippen molar-refractivity contribution in [3.63, 3.8) is 0 Å². The van der Waals surface area contributed by atoms with Crippen LogP contribution in [-0.4, -0.2) is 22.5 Å². The quantitative estimate of drug-likeness (QED) is 0.603. The van der Waals surface area contributed by atoms with Crippen LogP contribution in [0.4, 0.5) is 0 Å². The van der Waals surface area contributed by atoms with Crippen LogP contribution >= 0.6 is 11.8 Å². The lowest BCUT2D eigenvalue weighted by Crippen LogP contribution is -2.52. The van der Waals surface area contributed by atoms with Crippen molar-refractivity contribution in [2.24, 2.45) is 27.2 Å². The molecule has 3 aliphatic rings. The number of aliphatic imine (C=N–C) groups is 2. The van der Waals surface area contributed by atoms with Gasteiger partial charge in [-0.3, -0.25) is 4.79 Å². The molecule has 3 nitrogen and oxygen atoms in total. The summed E-state index contributed by atoms with van der Waals surface area (Å²) < 4.78 is 0.